The minimum absolute atomic E-state index is 0.0703. The van der Waals surface area contributed by atoms with Crippen LogP contribution >= 0.6 is 0 Å². The van der Waals surface area contributed by atoms with Crippen molar-refractivity contribution in [2.75, 3.05) is 13.1 Å². The fourth-order valence-electron chi connectivity index (χ4n) is 3.62. The molecule has 0 N–H and O–H groups in total. The fourth-order valence-corrected chi connectivity index (χ4v) is 3.62. The first-order chi connectivity index (χ1) is 13.2. The average molecular weight is 410 g/mol. The molecule has 1 aliphatic heterocycles. The van der Waals surface area contributed by atoms with Crippen molar-refractivity contribution in [2.45, 2.75) is 71.9 Å². The van der Waals surface area contributed by atoms with E-state index in [4.69, 9.17) is 0 Å². The van der Waals surface area contributed by atoms with Gasteiger partial charge in [0.15, 0.2) is 5.65 Å². The molecule has 0 spiro atoms. The molecule has 0 aliphatic carbocycles. The molecule has 0 atom stereocenters. The molecule has 1 saturated heterocycles. The third kappa shape index (κ3) is 4.41. The van der Waals surface area contributed by atoms with E-state index in [1.807, 2.05) is 41.5 Å². The van der Waals surface area contributed by atoms with Crippen molar-refractivity contribution < 1.29 is 18.0 Å². The van der Waals surface area contributed by atoms with Gasteiger partial charge in [0.2, 0.25) is 5.91 Å². The molecule has 8 heteroatoms. The second kappa shape index (κ2) is 6.99. The van der Waals surface area contributed by atoms with Gasteiger partial charge in [0.25, 0.3) is 0 Å². The van der Waals surface area contributed by atoms with Crippen molar-refractivity contribution in [3.05, 3.63) is 29.2 Å². The number of hydrogen-bond acceptors (Lipinski definition) is 3. The molecule has 3 rings (SSSR count). The van der Waals surface area contributed by atoms with E-state index in [-0.39, 0.29) is 22.9 Å². The summed E-state index contributed by atoms with van der Waals surface area (Å²) in [5.74, 6) is -0.0425. The van der Waals surface area contributed by atoms with E-state index in [0.29, 0.717) is 37.3 Å². The number of likely N-dealkylation sites (tertiary alicyclic amines) is 1. The summed E-state index contributed by atoms with van der Waals surface area (Å²) in [6.45, 7) is 12.4. The van der Waals surface area contributed by atoms with Crippen molar-refractivity contribution in [3.63, 3.8) is 0 Å². The Labute approximate surface area is 169 Å². The Morgan fingerprint density at radius 3 is 2.10 bits per heavy atom. The van der Waals surface area contributed by atoms with Crippen LogP contribution in [0.25, 0.3) is 5.65 Å². The number of nitrogens with zero attached hydrogens (tertiary/aromatic N) is 4. The lowest BCUT2D eigenvalue weighted by atomic mass is 9.89. The second-order valence-corrected chi connectivity index (χ2v) is 9.93. The summed E-state index contributed by atoms with van der Waals surface area (Å²) in [7, 11) is 0. The Morgan fingerprint density at radius 1 is 1.03 bits per heavy atom. The van der Waals surface area contributed by atoms with E-state index in [0.717, 1.165) is 10.6 Å². The van der Waals surface area contributed by atoms with E-state index in [2.05, 4.69) is 10.1 Å². The van der Waals surface area contributed by atoms with Gasteiger partial charge in [0.1, 0.15) is 5.69 Å². The maximum atomic E-state index is 13.7. The van der Waals surface area contributed by atoms with Gasteiger partial charge in [0, 0.05) is 41.6 Å². The third-order valence-electron chi connectivity index (χ3n) is 5.35. The van der Waals surface area contributed by atoms with Crippen LogP contribution in [0.1, 0.15) is 77.4 Å². The maximum Gasteiger partial charge on any atom is 0.433 e. The number of carbonyl (C=O) groups excluding carboxylic acids is 1. The lowest BCUT2D eigenvalue weighted by Crippen LogP contribution is -2.43. The molecule has 0 saturated carbocycles. The first kappa shape index (κ1) is 21.6. The summed E-state index contributed by atoms with van der Waals surface area (Å²) in [5, 5.41) is 4.18. The SMILES string of the molecule is CC(C)(C)C(=O)N1CCC(c2cc(C(F)(F)F)n3nc(C(C)(C)C)cc3n2)CC1. The quantitative estimate of drug-likeness (QED) is 0.679. The van der Waals surface area contributed by atoms with Crippen molar-refractivity contribution >= 4 is 11.6 Å². The number of piperidine rings is 1. The molecular weight excluding hydrogens is 381 g/mol. The summed E-state index contributed by atoms with van der Waals surface area (Å²) in [4.78, 5) is 18.8. The first-order valence-electron chi connectivity index (χ1n) is 9.96. The highest BCUT2D eigenvalue weighted by atomic mass is 19.4. The number of fused-ring (bicyclic) bond motifs is 1. The van der Waals surface area contributed by atoms with Crippen LogP contribution in [0.2, 0.25) is 0 Å². The minimum Gasteiger partial charge on any atom is -0.342 e. The van der Waals surface area contributed by atoms with Gasteiger partial charge >= 0.3 is 6.18 Å². The molecule has 160 valence electrons. The highest BCUT2D eigenvalue weighted by molar-refractivity contribution is 5.81. The van der Waals surface area contributed by atoms with Gasteiger partial charge in [-0.05, 0) is 18.9 Å². The number of amides is 1. The topological polar surface area (TPSA) is 50.5 Å². The Balaban J connectivity index is 1.94. The lowest BCUT2D eigenvalue weighted by Gasteiger charge is -2.35. The zero-order chi connectivity index (χ0) is 21.8. The molecule has 0 unspecified atom stereocenters. The average Bonchev–Trinajstić information content (AvgIpc) is 3.03. The molecule has 1 fully saturated rings. The molecule has 29 heavy (non-hydrogen) atoms. The summed E-state index contributed by atoms with van der Waals surface area (Å²) in [5.41, 5.74) is -0.440. The molecule has 2 aromatic rings. The molecule has 3 heterocycles. The van der Waals surface area contributed by atoms with Crippen LogP contribution in [0.3, 0.4) is 0 Å². The van der Waals surface area contributed by atoms with E-state index >= 15 is 0 Å². The lowest BCUT2D eigenvalue weighted by molar-refractivity contribution is -0.142. The van der Waals surface area contributed by atoms with Crippen LogP contribution in [-0.4, -0.2) is 38.5 Å². The normalized spacial score (nSPS) is 17.2. The van der Waals surface area contributed by atoms with Gasteiger partial charge in [-0.1, -0.05) is 41.5 Å². The molecule has 0 bridgehead atoms. The molecule has 2 aromatic heterocycles. The van der Waals surface area contributed by atoms with Crippen molar-refractivity contribution in [3.8, 4) is 0 Å². The highest BCUT2D eigenvalue weighted by Gasteiger charge is 2.37. The first-order valence-corrected chi connectivity index (χ1v) is 9.96. The van der Waals surface area contributed by atoms with Crippen molar-refractivity contribution in [1.82, 2.24) is 19.5 Å². The van der Waals surface area contributed by atoms with Crippen molar-refractivity contribution in [1.29, 1.82) is 0 Å². The van der Waals surface area contributed by atoms with Gasteiger partial charge in [-0.15, -0.1) is 0 Å². The van der Waals surface area contributed by atoms with Gasteiger partial charge in [0.05, 0.1) is 5.69 Å². The predicted octanol–water partition coefficient (Wildman–Crippen LogP) is 4.80. The molecule has 1 amide bonds. The molecule has 5 nitrogen and oxygen atoms in total. The highest BCUT2D eigenvalue weighted by Crippen LogP contribution is 2.35. The second-order valence-electron chi connectivity index (χ2n) is 9.93. The number of hydrogen-bond donors (Lipinski definition) is 0. The van der Waals surface area contributed by atoms with Crippen LogP contribution in [0.5, 0.6) is 0 Å². The Bertz CT molecular complexity index is 911. The monoisotopic (exact) mass is 410 g/mol. The van der Waals surface area contributed by atoms with Gasteiger partial charge in [-0.3, -0.25) is 4.79 Å². The third-order valence-corrected chi connectivity index (χ3v) is 5.35. The van der Waals surface area contributed by atoms with Crippen LogP contribution in [0.15, 0.2) is 12.1 Å². The molecule has 0 aromatic carbocycles. The molecular formula is C21H29F3N4O. The van der Waals surface area contributed by atoms with Crippen LogP contribution in [0, 0.1) is 5.41 Å². The molecule has 1 aliphatic rings. The minimum atomic E-state index is -4.53. The Morgan fingerprint density at radius 2 is 1.62 bits per heavy atom. The van der Waals surface area contributed by atoms with Gasteiger partial charge < -0.3 is 4.90 Å². The number of halogens is 3. The number of rotatable bonds is 1. The van der Waals surface area contributed by atoms with E-state index in [1.54, 1.807) is 11.0 Å². The van der Waals surface area contributed by atoms with Crippen LogP contribution in [-0.2, 0) is 16.4 Å². The predicted molar refractivity (Wildman–Crippen MR) is 105 cm³/mol. The fraction of sp³-hybridized carbons (Fsp3) is 0.667. The van der Waals surface area contributed by atoms with Crippen LogP contribution < -0.4 is 0 Å². The maximum absolute atomic E-state index is 13.7. The van der Waals surface area contributed by atoms with E-state index in [1.165, 1.54) is 0 Å². The summed E-state index contributed by atoms with van der Waals surface area (Å²) < 4.78 is 42.1. The Hall–Kier alpha value is -2.12. The van der Waals surface area contributed by atoms with Gasteiger partial charge in [-0.25, -0.2) is 9.50 Å². The van der Waals surface area contributed by atoms with E-state index in [9.17, 15) is 18.0 Å². The van der Waals surface area contributed by atoms with E-state index < -0.39 is 17.3 Å². The Kier molecular flexibility index (Phi) is 5.20. The zero-order valence-electron chi connectivity index (χ0n) is 17.9. The number of aromatic nitrogens is 3. The summed E-state index contributed by atoms with van der Waals surface area (Å²) >= 11 is 0. The van der Waals surface area contributed by atoms with Gasteiger partial charge in [-0.2, -0.15) is 18.3 Å². The zero-order valence-corrected chi connectivity index (χ0v) is 17.9. The largest absolute Gasteiger partial charge is 0.433 e. The smallest absolute Gasteiger partial charge is 0.342 e. The standard InChI is InChI=1S/C21H29F3N4O/c1-19(2,3)15-12-17-25-14(11-16(21(22,23)24)28(17)26-15)13-7-9-27(10-8-13)18(29)20(4,5)6/h11-13H,7-10H2,1-6H3. The van der Waals surface area contributed by atoms with Crippen LogP contribution in [0.4, 0.5) is 13.2 Å². The number of alkyl halides is 3. The number of carbonyl (C=O) groups is 1. The summed E-state index contributed by atoms with van der Waals surface area (Å²) in [6.07, 6.45) is -3.33. The van der Waals surface area contributed by atoms with Crippen molar-refractivity contribution in [2.24, 2.45) is 5.41 Å². The summed E-state index contributed by atoms with van der Waals surface area (Å²) in [6, 6.07) is 2.76. The molecule has 0 radical (unpaired) electrons.